The Morgan fingerprint density at radius 1 is 0.400 bits per heavy atom. The number of hydrogen-bond donors (Lipinski definition) is 6. The predicted molar refractivity (Wildman–Crippen MR) is 91.8 cm³/mol. The van der Waals surface area contributed by atoms with E-state index in [2.05, 4.69) is 34.4 Å². The standard InChI is InChI=1S/6CH5N.3NO3.Rh/c6*1-2;3*2-1(3)4;/h6*2H2,1H3;;;;/q;;;;;;3*-1;+3. The monoisotopic (exact) mass is 475 g/mol. The summed E-state index contributed by atoms with van der Waals surface area (Å²) < 4.78 is 0. The Morgan fingerprint density at radius 3 is 0.400 bits per heavy atom. The maximum atomic E-state index is 8.25. The summed E-state index contributed by atoms with van der Waals surface area (Å²) in [7, 11) is 9.00. The molecule has 18 nitrogen and oxygen atoms in total. The molecule has 0 aromatic carbocycles. The van der Waals surface area contributed by atoms with Crippen LogP contribution in [0, 0.1) is 46.0 Å². The Labute approximate surface area is 158 Å². The minimum absolute atomic E-state index is 0. The Kier molecular flexibility index (Phi) is 523. The molecule has 19 heteroatoms. The third-order valence-corrected chi connectivity index (χ3v) is 0. The van der Waals surface area contributed by atoms with Crippen molar-refractivity contribution in [3.05, 3.63) is 46.0 Å². The van der Waals surface area contributed by atoms with Gasteiger partial charge < -0.3 is 80.4 Å². The third kappa shape index (κ3) is 2160. The van der Waals surface area contributed by atoms with Gasteiger partial charge in [0.05, 0.1) is 15.3 Å². The van der Waals surface area contributed by atoms with Gasteiger partial charge in [-0.15, -0.1) is 0 Å². The van der Waals surface area contributed by atoms with Gasteiger partial charge in [0, 0.05) is 0 Å². The van der Waals surface area contributed by atoms with Crippen LogP contribution in [0.25, 0.3) is 0 Å². The van der Waals surface area contributed by atoms with Crippen molar-refractivity contribution in [2.45, 2.75) is 0 Å². The molecule has 0 atom stereocenters. The van der Waals surface area contributed by atoms with E-state index in [1.54, 1.807) is 0 Å². The van der Waals surface area contributed by atoms with Crippen LogP contribution in [0.5, 0.6) is 0 Å². The second-order valence-corrected chi connectivity index (χ2v) is 0.671. The summed E-state index contributed by atoms with van der Waals surface area (Å²) in [5.74, 6) is 0. The maximum absolute atomic E-state index is 8.25. The number of nitrogens with two attached hydrogens (primary N) is 6. The molecule has 0 heterocycles. The minimum Gasteiger partial charge on any atom is -0.356 e. The van der Waals surface area contributed by atoms with E-state index >= 15 is 0 Å². The Morgan fingerprint density at radius 2 is 0.400 bits per heavy atom. The van der Waals surface area contributed by atoms with Crippen molar-refractivity contribution < 1.29 is 34.7 Å². The average molecular weight is 475 g/mol. The van der Waals surface area contributed by atoms with Gasteiger partial charge in [-0.25, -0.2) is 0 Å². The quantitative estimate of drug-likeness (QED) is 0.114. The van der Waals surface area contributed by atoms with Crippen LogP contribution in [0.15, 0.2) is 0 Å². The molecule has 25 heavy (non-hydrogen) atoms. The van der Waals surface area contributed by atoms with E-state index in [1.165, 1.54) is 42.3 Å². The fourth-order valence-electron chi connectivity index (χ4n) is 0. The van der Waals surface area contributed by atoms with Gasteiger partial charge in [0.2, 0.25) is 0 Å². The van der Waals surface area contributed by atoms with Crippen LogP contribution >= 0.6 is 0 Å². The van der Waals surface area contributed by atoms with Crippen molar-refractivity contribution in [2.75, 3.05) is 42.3 Å². The molecular formula is C6H30N9O9Rh. The van der Waals surface area contributed by atoms with E-state index in [9.17, 15) is 0 Å². The molecular weight excluding hydrogens is 445 g/mol. The zero-order valence-corrected chi connectivity index (χ0v) is 16.5. The molecule has 0 bridgehead atoms. The summed E-state index contributed by atoms with van der Waals surface area (Å²) in [5.41, 5.74) is 27.0. The maximum Gasteiger partial charge on any atom is 3.00 e. The molecule has 0 radical (unpaired) electrons. The SMILES string of the molecule is CN.CN.CN.CN.CN.CN.O=[N+]([O-])[O-].O=[N+]([O-])[O-].O=[N+]([O-])[O-].[Rh+3]. The largest absolute Gasteiger partial charge is 3.00 e. The second kappa shape index (κ2) is 198. The van der Waals surface area contributed by atoms with E-state index < -0.39 is 15.3 Å². The first kappa shape index (κ1) is 65.9. The van der Waals surface area contributed by atoms with Crippen LogP contribution < -0.4 is 34.4 Å². The second-order valence-electron chi connectivity index (χ2n) is 0.671. The first-order chi connectivity index (χ1) is 11.2. The fraction of sp³-hybridized carbons (Fsp3) is 1.00. The molecule has 0 rings (SSSR count). The van der Waals surface area contributed by atoms with Gasteiger partial charge in [0.15, 0.2) is 0 Å². The Balaban J connectivity index is -0.0000000129. The number of hydrogen-bond acceptors (Lipinski definition) is 15. The molecule has 162 valence electrons. The fourth-order valence-corrected chi connectivity index (χ4v) is 0. The number of rotatable bonds is 0. The smallest absolute Gasteiger partial charge is 0.356 e. The van der Waals surface area contributed by atoms with Crippen LogP contribution in [0.3, 0.4) is 0 Å². The Bertz CT molecular complexity index is 141. The summed E-state index contributed by atoms with van der Waals surface area (Å²) in [6, 6.07) is 0. The van der Waals surface area contributed by atoms with E-state index in [4.69, 9.17) is 46.0 Å². The molecule has 12 N–H and O–H groups in total. The van der Waals surface area contributed by atoms with Crippen molar-refractivity contribution in [1.29, 1.82) is 0 Å². The molecule has 0 aromatic heterocycles. The molecule has 0 aliphatic heterocycles. The first-order valence-corrected chi connectivity index (χ1v) is 5.11. The normalized spacial score (nSPS) is 4.32. The first-order valence-electron chi connectivity index (χ1n) is 5.11. The van der Waals surface area contributed by atoms with Gasteiger partial charge >= 0.3 is 19.5 Å². The molecule has 0 amide bonds. The van der Waals surface area contributed by atoms with Crippen molar-refractivity contribution in [3.63, 3.8) is 0 Å². The van der Waals surface area contributed by atoms with Crippen LogP contribution in [0.2, 0.25) is 0 Å². The van der Waals surface area contributed by atoms with E-state index in [-0.39, 0.29) is 19.5 Å². The van der Waals surface area contributed by atoms with Crippen molar-refractivity contribution in [1.82, 2.24) is 0 Å². The topological polar surface area (TPSA) is 355 Å². The summed E-state index contributed by atoms with van der Waals surface area (Å²) in [4.78, 5) is 24.8. The molecule has 0 spiro atoms. The van der Waals surface area contributed by atoms with Gasteiger partial charge in [-0.1, -0.05) is 0 Å². The molecule has 0 fully saturated rings. The van der Waals surface area contributed by atoms with Gasteiger partial charge in [-0.05, 0) is 42.3 Å². The van der Waals surface area contributed by atoms with Gasteiger partial charge in [0.25, 0.3) is 0 Å². The van der Waals surface area contributed by atoms with Gasteiger partial charge in [0.1, 0.15) is 0 Å². The molecule has 0 aliphatic rings. The van der Waals surface area contributed by atoms with Crippen LogP contribution in [0.4, 0.5) is 0 Å². The third-order valence-electron chi connectivity index (χ3n) is 0. The van der Waals surface area contributed by atoms with Crippen molar-refractivity contribution in [3.8, 4) is 0 Å². The molecule has 0 aromatic rings. The van der Waals surface area contributed by atoms with Crippen LogP contribution in [-0.2, 0) is 19.5 Å². The minimum atomic E-state index is -1.75. The van der Waals surface area contributed by atoms with Crippen LogP contribution in [-0.4, -0.2) is 57.5 Å². The summed E-state index contributed by atoms with van der Waals surface area (Å²) in [5, 5.41) is 44.2. The molecule has 0 unspecified atom stereocenters. The zero-order chi connectivity index (χ0) is 22.7. The van der Waals surface area contributed by atoms with Gasteiger partial charge in [-0.3, -0.25) is 0 Å². The van der Waals surface area contributed by atoms with E-state index in [0.717, 1.165) is 0 Å². The van der Waals surface area contributed by atoms with Gasteiger partial charge in [-0.2, -0.15) is 0 Å². The average Bonchev–Trinajstić information content (AvgIpc) is 2.57. The van der Waals surface area contributed by atoms with Crippen LogP contribution in [0.1, 0.15) is 0 Å². The van der Waals surface area contributed by atoms with E-state index in [1.807, 2.05) is 0 Å². The summed E-state index contributed by atoms with van der Waals surface area (Å²) in [6.45, 7) is 0. The summed E-state index contributed by atoms with van der Waals surface area (Å²) in [6.07, 6.45) is 0. The van der Waals surface area contributed by atoms with Crippen molar-refractivity contribution >= 4 is 0 Å². The number of nitrogens with zero attached hydrogens (tertiary/aromatic N) is 3. The Hall–Kier alpha value is -2.02. The molecule has 0 saturated heterocycles. The summed E-state index contributed by atoms with van der Waals surface area (Å²) >= 11 is 0. The van der Waals surface area contributed by atoms with E-state index in [0.29, 0.717) is 0 Å². The predicted octanol–water partition coefficient (Wildman–Crippen LogP) is -3.27. The van der Waals surface area contributed by atoms with Crippen molar-refractivity contribution in [2.24, 2.45) is 34.4 Å². The molecule has 0 aliphatic carbocycles. The zero-order valence-electron chi connectivity index (χ0n) is 14.8. The molecule has 0 saturated carbocycles.